The number of carbonyl (C=O) groups is 1. The molecular formula is C14H18FNO. The molecule has 1 aliphatic rings. The summed E-state index contributed by atoms with van der Waals surface area (Å²) in [5.41, 5.74) is 0.963. The Morgan fingerprint density at radius 2 is 2.00 bits per heavy atom. The number of hydrogen-bond acceptors (Lipinski definition) is 1. The lowest BCUT2D eigenvalue weighted by Gasteiger charge is -2.25. The zero-order valence-corrected chi connectivity index (χ0v) is 10.3. The Kier molecular flexibility index (Phi) is 3.18. The summed E-state index contributed by atoms with van der Waals surface area (Å²) in [6.07, 6.45) is 4.39. The number of nitrogens with one attached hydrogen (secondary N) is 1. The molecule has 0 heterocycles. The number of halogens is 1. The lowest BCUT2D eigenvalue weighted by atomic mass is 10.00. The molecule has 0 atom stereocenters. The van der Waals surface area contributed by atoms with Crippen molar-refractivity contribution in [3.05, 3.63) is 35.1 Å². The van der Waals surface area contributed by atoms with E-state index in [9.17, 15) is 9.18 Å². The molecule has 92 valence electrons. The van der Waals surface area contributed by atoms with E-state index >= 15 is 0 Å². The van der Waals surface area contributed by atoms with Crippen molar-refractivity contribution in [3.63, 3.8) is 0 Å². The summed E-state index contributed by atoms with van der Waals surface area (Å²) in [5.74, 6) is -0.369. The van der Waals surface area contributed by atoms with Crippen molar-refractivity contribution in [2.24, 2.45) is 0 Å². The average Bonchev–Trinajstić information content (AvgIpc) is 2.69. The number of rotatable bonds is 2. The minimum atomic E-state index is -0.270. The van der Waals surface area contributed by atoms with Gasteiger partial charge in [-0.15, -0.1) is 0 Å². The molecule has 3 heteroatoms. The van der Waals surface area contributed by atoms with Gasteiger partial charge in [-0.25, -0.2) is 4.39 Å². The first kappa shape index (κ1) is 12.1. The second kappa shape index (κ2) is 4.47. The third-order valence-electron chi connectivity index (χ3n) is 3.54. The summed E-state index contributed by atoms with van der Waals surface area (Å²) in [7, 11) is 0. The van der Waals surface area contributed by atoms with Gasteiger partial charge in [0, 0.05) is 11.1 Å². The highest BCUT2D eigenvalue weighted by Crippen LogP contribution is 2.29. The maximum absolute atomic E-state index is 13.1. The maximum atomic E-state index is 13.1. The third-order valence-corrected chi connectivity index (χ3v) is 3.54. The van der Waals surface area contributed by atoms with Crippen LogP contribution in [0.2, 0.25) is 0 Å². The van der Waals surface area contributed by atoms with Crippen LogP contribution in [0.5, 0.6) is 0 Å². The minimum Gasteiger partial charge on any atom is -0.347 e. The van der Waals surface area contributed by atoms with Gasteiger partial charge in [0.1, 0.15) is 5.82 Å². The van der Waals surface area contributed by atoms with E-state index in [4.69, 9.17) is 0 Å². The fraction of sp³-hybridized carbons (Fsp3) is 0.500. The van der Waals surface area contributed by atoms with Crippen LogP contribution < -0.4 is 5.32 Å². The van der Waals surface area contributed by atoms with Crippen molar-refractivity contribution in [1.82, 2.24) is 5.32 Å². The van der Waals surface area contributed by atoms with Gasteiger partial charge >= 0.3 is 0 Å². The van der Waals surface area contributed by atoms with Crippen LogP contribution in [-0.4, -0.2) is 11.4 Å². The Balaban J connectivity index is 2.11. The molecular weight excluding hydrogens is 217 g/mol. The molecule has 2 rings (SSSR count). The summed E-state index contributed by atoms with van der Waals surface area (Å²) >= 11 is 0. The zero-order valence-electron chi connectivity index (χ0n) is 10.3. The van der Waals surface area contributed by atoms with Crippen LogP contribution in [0.25, 0.3) is 0 Å². The molecule has 1 amide bonds. The Bertz CT molecular complexity index is 436. The van der Waals surface area contributed by atoms with Gasteiger partial charge in [0.05, 0.1) is 0 Å². The van der Waals surface area contributed by atoms with Gasteiger partial charge in [-0.05, 0) is 50.5 Å². The standard InChI is InChI=1S/C14H18FNO/c1-10-9-11(5-6-12(10)15)13(17)16-14(2)7-3-4-8-14/h5-6,9H,3-4,7-8H2,1-2H3,(H,16,17). The topological polar surface area (TPSA) is 29.1 Å². The van der Waals surface area contributed by atoms with E-state index < -0.39 is 0 Å². The molecule has 1 aromatic rings. The molecule has 0 aliphatic heterocycles. The van der Waals surface area contributed by atoms with Crippen LogP contribution in [0.15, 0.2) is 18.2 Å². The molecule has 1 aromatic carbocycles. The van der Waals surface area contributed by atoms with Gasteiger partial charge < -0.3 is 5.32 Å². The summed E-state index contributed by atoms with van der Waals surface area (Å²) in [6.45, 7) is 3.75. The van der Waals surface area contributed by atoms with Crippen LogP contribution in [0, 0.1) is 12.7 Å². The molecule has 0 spiro atoms. The van der Waals surface area contributed by atoms with Crippen molar-refractivity contribution >= 4 is 5.91 Å². The van der Waals surface area contributed by atoms with Crippen molar-refractivity contribution in [1.29, 1.82) is 0 Å². The quantitative estimate of drug-likeness (QED) is 0.838. The molecule has 1 fully saturated rings. The SMILES string of the molecule is Cc1cc(C(=O)NC2(C)CCCC2)ccc1F. The van der Waals surface area contributed by atoms with Crippen molar-refractivity contribution in [2.45, 2.75) is 45.1 Å². The van der Waals surface area contributed by atoms with E-state index in [1.165, 1.54) is 25.0 Å². The van der Waals surface area contributed by atoms with E-state index in [2.05, 4.69) is 12.2 Å². The Hall–Kier alpha value is -1.38. The predicted molar refractivity (Wildman–Crippen MR) is 65.5 cm³/mol. The van der Waals surface area contributed by atoms with Crippen LogP contribution in [0.4, 0.5) is 4.39 Å². The highest BCUT2D eigenvalue weighted by atomic mass is 19.1. The summed E-state index contributed by atoms with van der Waals surface area (Å²) in [4.78, 5) is 12.0. The molecule has 0 aromatic heterocycles. The first-order valence-corrected chi connectivity index (χ1v) is 6.09. The highest BCUT2D eigenvalue weighted by Gasteiger charge is 2.30. The molecule has 0 unspecified atom stereocenters. The van der Waals surface area contributed by atoms with Gasteiger partial charge in [-0.3, -0.25) is 4.79 Å². The zero-order chi connectivity index (χ0) is 12.5. The van der Waals surface area contributed by atoms with Gasteiger partial charge in [0.2, 0.25) is 0 Å². The number of hydrogen-bond donors (Lipinski definition) is 1. The van der Waals surface area contributed by atoms with Crippen molar-refractivity contribution in [2.75, 3.05) is 0 Å². The Labute approximate surface area is 101 Å². The molecule has 0 bridgehead atoms. The van der Waals surface area contributed by atoms with Crippen LogP contribution in [-0.2, 0) is 0 Å². The second-order valence-electron chi connectivity index (χ2n) is 5.19. The smallest absolute Gasteiger partial charge is 0.251 e. The van der Waals surface area contributed by atoms with Crippen LogP contribution >= 0.6 is 0 Å². The summed E-state index contributed by atoms with van der Waals surface area (Å²) in [6, 6.07) is 4.49. The average molecular weight is 235 g/mol. The first-order chi connectivity index (χ1) is 8.00. The molecule has 1 N–H and O–H groups in total. The number of benzene rings is 1. The molecule has 1 aliphatic carbocycles. The number of aryl methyl sites for hydroxylation is 1. The van der Waals surface area contributed by atoms with Crippen LogP contribution in [0.1, 0.15) is 48.5 Å². The highest BCUT2D eigenvalue weighted by molar-refractivity contribution is 5.94. The second-order valence-corrected chi connectivity index (χ2v) is 5.19. The van der Waals surface area contributed by atoms with E-state index in [0.29, 0.717) is 11.1 Å². The van der Waals surface area contributed by atoms with E-state index in [0.717, 1.165) is 12.8 Å². The molecule has 0 saturated heterocycles. The fourth-order valence-electron chi connectivity index (χ4n) is 2.41. The number of carbonyl (C=O) groups excluding carboxylic acids is 1. The lowest BCUT2D eigenvalue weighted by Crippen LogP contribution is -2.43. The Morgan fingerprint density at radius 1 is 1.35 bits per heavy atom. The van der Waals surface area contributed by atoms with E-state index in [1.807, 2.05) is 0 Å². The van der Waals surface area contributed by atoms with Gasteiger partial charge in [-0.2, -0.15) is 0 Å². The van der Waals surface area contributed by atoms with Crippen LogP contribution in [0.3, 0.4) is 0 Å². The van der Waals surface area contributed by atoms with Crippen molar-refractivity contribution < 1.29 is 9.18 Å². The van der Waals surface area contributed by atoms with Gasteiger partial charge in [-0.1, -0.05) is 12.8 Å². The monoisotopic (exact) mass is 235 g/mol. The lowest BCUT2D eigenvalue weighted by molar-refractivity contribution is 0.0908. The van der Waals surface area contributed by atoms with Gasteiger partial charge in [0.15, 0.2) is 0 Å². The number of amides is 1. The summed E-state index contributed by atoms with van der Waals surface area (Å²) < 4.78 is 13.1. The minimum absolute atomic E-state index is 0.0840. The van der Waals surface area contributed by atoms with Gasteiger partial charge in [0.25, 0.3) is 5.91 Å². The summed E-state index contributed by atoms with van der Waals surface area (Å²) in [5, 5.41) is 3.06. The molecule has 0 radical (unpaired) electrons. The van der Waals surface area contributed by atoms with E-state index in [-0.39, 0.29) is 17.3 Å². The Morgan fingerprint density at radius 3 is 2.59 bits per heavy atom. The fourth-order valence-corrected chi connectivity index (χ4v) is 2.41. The molecule has 17 heavy (non-hydrogen) atoms. The third kappa shape index (κ3) is 2.65. The first-order valence-electron chi connectivity index (χ1n) is 6.09. The largest absolute Gasteiger partial charge is 0.347 e. The van der Waals surface area contributed by atoms with Crippen molar-refractivity contribution in [3.8, 4) is 0 Å². The molecule has 2 nitrogen and oxygen atoms in total. The van der Waals surface area contributed by atoms with E-state index in [1.54, 1.807) is 13.0 Å². The normalized spacial score (nSPS) is 18.1. The molecule has 1 saturated carbocycles. The maximum Gasteiger partial charge on any atom is 0.251 e. The predicted octanol–water partition coefficient (Wildman–Crippen LogP) is 3.20.